The Morgan fingerprint density at radius 2 is 2.35 bits per heavy atom. The number of aromatic nitrogens is 4. The predicted molar refractivity (Wildman–Crippen MR) is 67.1 cm³/mol. The zero-order valence-electron chi connectivity index (χ0n) is 9.05. The Bertz CT molecular complexity index is 491. The number of hydrogen-bond acceptors (Lipinski definition) is 4. The maximum absolute atomic E-state index is 6.03. The van der Waals surface area contributed by atoms with Crippen LogP contribution in [0.2, 0.25) is 5.02 Å². The topological polar surface area (TPSA) is 52.8 Å². The van der Waals surface area contributed by atoms with E-state index >= 15 is 0 Å². The SMILES string of the molecule is C[C@@H](Cn1cnnn1)Oc1cc(Br)ccc1Cl. The quantitative estimate of drug-likeness (QED) is 0.869. The van der Waals surface area contributed by atoms with Crippen molar-refractivity contribution in [1.82, 2.24) is 20.2 Å². The standard InChI is InChI=1S/C10H10BrClN4O/c1-7(5-16-6-13-14-15-16)17-10-4-8(11)2-3-9(10)12/h2-4,6-7H,5H2,1H3/t7-/m0/s1. The molecule has 0 amide bonds. The molecule has 0 N–H and O–H groups in total. The Labute approximate surface area is 112 Å². The summed E-state index contributed by atoms with van der Waals surface area (Å²) in [6, 6.07) is 5.48. The molecule has 0 fully saturated rings. The average Bonchev–Trinajstić information content (AvgIpc) is 2.76. The van der Waals surface area contributed by atoms with Crippen molar-refractivity contribution in [2.24, 2.45) is 0 Å². The van der Waals surface area contributed by atoms with Gasteiger partial charge in [0.15, 0.2) is 0 Å². The van der Waals surface area contributed by atoms with Crippen molar-refractivity contribution < 1.29 is 4.74 Å². The summed E-state index contributed by atoms with van der Waals surface area (Å²) in [6.45, 7) is 2.49. The van der Waals surface area contributed by atoms with Crippen molar-refractivity contribution in [2.45, 2.75) is 19.6 Å². The lowest BCUT2D eigenvalue weighted by atomic mass is 10.3. The molecule has 0 aliphatic heterocycles. The number of nitrogens with zero attached hydrogens (tertiary/aromatic N) is 4. The normalized spacial score (nSPS) is 12.4. The van der Waals surface area contributed by atoms with Gasteiger partial charge in [0.1, 0.15) is 18.2 Å². The first-order chi connectivity index (χ1) is 8.15. The van der Waals surface area contributed by atoms with Gasteiger partial charge in [-0.05, 0) is 35.5 Å². The van der Waals surface area contributed by atoms with Crippen LogP contribution >= 0.6 is 27.5 Å². The minimum atomic E-state index is -0.0784. The highest BCUT2D eigenvalue weighted by Gasteiger charge is 2.09. The van der Waals surface area contributed by atoms with Gasteiger partial charge in [0.2, 0.25) is 0 Å². The molecule has 0 spiro atoms. The van der Waals surface area contributed by atoms with Crippen LogP contribution in [0.4, 0.5) is 0 Å². The molecule has 0 radical (unpaired) electrons. The lowest BCUT2D eigenvalue weighted by Crippen LogP contribution is -2.20. The number of rotatable bonds is 4. The predicted octanol–water partition coefficient (Wildman–Crippen LogP) is 2.56. The van der Waals surface area contributed by atoms with Crippen LogP contribution < -0.4 is 4.74 Å². The molecule has 7 heteroatoms. The minimum Gasteiger partial charge on any atom is -0.487 e. The van der Waals surface area contributed by atoms with E-state index in [0.29, 0.717) is 17.3 Å². The van der Waals surface area contributed by atoms with Crippen LogP contribution in [0.3, 0.4) is 0 Å². The van der Waals surface area contributed by atoms with Crippen LogP contribution in [0.5, 0.6) is 5.75 Å². The summed E-state index contributed by atoms with van der Waals surface area (Å²) in [5, 5.41) is 11.5. The number of benzene rings is 1. The minimum absolute atomic E-state index is 0.0784. The van der Waals surface area contributed by atoms with E-state index in [1.807, 2.05) is 19.1 Å². The molecule has 2 aromatic rings. The molecule has 5 nitrogen and oxygen atoms in total. The van der Waals surface area contributed by atoms with Gasteiger partial charge in [0, 0.05) is 4.47 Å². The first-order valence-electron chi connectivity index (χ1n) is 4.97. The fourth-order valence-electron chi connectivity index (χ4n) is 1.35. The first kappa shape index (κ1) is 12.3. The highest BCUT2D eigenvalue weighted by Crippen LogP contribution is 2.28. The molecule has 90 valence electrons. The van der Waals surface area contributed by atoms with Crippen LogP contribution in [0.25, 0.3) is 0 Å². The Kier molecular flexibility index (Phi) is 3.96. The molecule has 0 aliphatic carbocycles. The van der Waals surface area contributed by atoms with Crippen molar-refractivity contribution in [3.8, 4) is 5.75 Å². The Hall–Kier alpha value is -1.14. The van der Waals surface area contributed by atoms with Crippen LogP contribution in [0, 0.1) is 0 Å². The number of tetrazole rings is 1. The van der Waals surface area contributed by atoms with Gasteiger partial charge >= 0.3 is 0 Å². The highest BCUT2D eigenvalue weighted by molar-refractivity contribution is 9.10. The molecule has 0 unspecified atom stereocenters. The average molecular weight is 318 g/mol. The molecular weight excluding hydrogens is 307 g/mol. The summed E-state index contributed by atoms with van der Waals surface area (Å²) >= 11 is 9.40. The fourth-order valence-corrected chi connectivity index (χ4v) is 1.85. The Morgan fingerprint density at radius 1 is 1.53 bits per heavy atom. The van der Waals surface area contributed by atoms with Gasteiger partial charge in [-0.1, -0.05) is 27.5 Å². The third-order valence-electron chi connectivity index (χ3n) is 2.06. The fraction of sp³-hybridized carbons (Fsp3) is 0.300. The summed E-state index contributed by atoms with van der Waals surface area (Å²) in [7, 11) is 0. The second-order valence-electron chi connectivity index (χ2n) is 3.54. The van der Waals surface area contributed by atoms with E-state index in [0.717, 1.165) is 4.47 Å². The van der Waals surface area contributed by atoms with Crippen LogP contribution in [-0.2, 0) is 6.54 Å². The van der Waals surface area contributed by atoms with Gasteiger partial charge in [-0.15, -0.1) is 5.10 Å². The van der Waals surface area contributed by atoms with Gasteiger partial charge in [-0.25, -0.2) is 4.68 Å². The second kappa shape index (κ2) is 5.46. The van der Waals surface area contributed by atoms with E-state index in [4.69, 9.17) is 16.3 Å². The smallest absolute Gasteiger partial charge is 0.139 e. The first-order valence-corrected chi connectivity index (χ1v) is 6.15. The van der Waals surface area contributed by atoms with Crippen LogP contribution in [0.15, 0.2) is 29.0 Å². The van der Waals surface area contributed by atoms with Crippen molar-refractivity contribution >= 4 is 27.5 Å². The third-order valence-corrected chi connectivity index (χ3v) is 2.86. The van der Waals surface area contributed by atoms with Crippen molar-refractivity contribution in [1.29, 1.82) is 0 Å². The van der Waals surface area contributed by atoms with Crippen LogP contribution in [-0.4, -0.2) is 26.3 Å². The van der Waals surface area contributed by atoms with E-state index in [1.54, 1.807) is 17.1 Å². The molecule has 0 bridgehead atoms. The summed E-state index contributed by atoms with van der Waals surface area (Å²) in [4.78, 5) is 0. The summed E-state index contributed by atoms with van der Waals surface area (Å²) < 4.78 is 8.25. The maximum atomic E-state index is 6.03. The monoisotopic (exact) mass is 316 g/mol. The van der Waals surface area contributed by atoms with Crippen molar-refractivity contribution in [2.75, 3.05) is 0 Å². The Balaban J connectivity index is 2.02. The van der Waals surface area contributed by atoms with Gasteiger partial charge in [0.25, 0.3) is 0 Å². The molecule has 0 saturated carbocycles. The van der Waals surface area contributed by atoms with E-state index in [9.17, 15) is 0 Å². The third kappa shape index (κ3) is 3.41. The molecule has 1 aromatic heterocycles. The molecule has 17 heavy (non-hydrogen) atoms. The van der Waals surface area contributed by atoms with Gasteiger partial charge in [-0.2, -0.15) is 0 Å². The van der Waals surface area contributed by atoms with E-state index < -0.39 is 0 Å². The number of halogens is 2. The Morgan fingerprint density at radius 3 is 3.06 bits per heavy atom. The molecule has 0 saturated heterocycles. The summed E-state index contributed by atoms with van der Waals surface area (Å²) in [5.41, 5.74) is 0. The lowest BCUT2D eigenvalue weighted by molar-refractivity contribution is 0.193. The van der Waals surface area contributed by atoms with E-state index in [1.165, 1.54) is 0 Å². The van der Waals surface area contributed by atoms with Gasteiger partial charge in [0.05, 0.1) is 11.6 Å². The zero-order valence-corrected chi connectivity index (χ0v) is 11.4. The van der Waals surface area contributed by atoms with E-state index in [2.05, 4.69) is 31.5 Å². The number of hydrogen-bond donors (Lipinski definition) is 0. The second-order valence-corrected chi connectivity index (χ2v) is 4.86. The largest absolute Gasteiger partial charge is 0.487 e. The lowest BCUT2D eigenvalue weighted by Gasteiger charge is -2.15. The highest BCUT2D eigenvalue weighted by atomic mass is 79.9. The van der Waals surface area contributed by atoms with Crippen molar-refractivity contribution in [3.63, 3.8) is 0 Å². The molecule has 2 rings (SSSR count). The molecular formula is C10H10BrClN4O. The van der Waals surface area contributed by atoms with Crippen molar-refractivity contribution in [3.05, 3.63) is 34.0 Å². The molecule has 1 heterocycles. The summed E-state index contributed by atoms with van der Waals surface area (Å²) in [6.07, 6.45) is 1.47. The zero-order chi connectivity index (χ0) is 12.3. The van der Waals surface area contributed by atoms with Gasteiger partial charge in [-0.3, -0.25) is 0 Å². The maximum Gasteiger partial charge on any atom is 0.139 e. The number of ether oxygens (including phenoxy) is 1. The molecule has 1 atom stereocenters. The summed E-state index contributed by atoms with van der Waals surface area (Å²) in [5.74, 6) is 0.640. The molecule has 1 aromatic carbocycles. The molecule has 0 aliphatic rings. The van der Waals surface area contributed by atoms with Crippen LogP contribution in [0.1, 0.15) is 6.92 Å². The van der Waals surface area contributed by atoms with Gasteiger partial charge < -0.3 is 4.74 Å². The van der Waals surface area contributed by atoms with E-state index in [-0.39, 0.29) is 6.10 Å².